The number of hydrogen-bond donors (Lipinski definition) is 1. The maximum absolute atomic E-state index is 14.1. The number of rotatable bonds is 10. The molecule has 180 valence electrons. The first-order valence-electron chi connectivity index (χ1n) is 10.3. The van der Waals surface area contributed by atoms with Gasteiger partial charge in [-0.15, -0.1) is 0 Å². The lowest BCUT2D eigenvalue weighted by Crippen LogP contribution is -2.32. The number of ether oxygens (including phenoxy) is 2. The third-order valence-electron chi connectivity index (χ3n) is 4.77. The lowest BCUT2D eigenvalue weighted by atomic mass is 10.2. The van der Waals surface area contributed by atoms with Crippen molar-refractivity contribution in [3.8, 4) is 17.2 Å². The normalized spacial score (nSPS) is 11.1. The SMILES string of the molecule is COc1cccc(Oc2ccc(Cl)cc2NC(=O)CCCN(c2ccccc2F)S(C)(=O)=O)c1. The van der Waals surface area contributed by atoms with E-state index in [-0.39, 0.29) is 31.0 Å². The summed E-state index contributed by atoms with van der Waals surface area (Å²) in [7, 11) is -2.19. The van der Waals surface area contributed by atoms with Crippen LogP contribution in [-0.4, -0.2) is 34.2 Å². The molecule has 0 saturated carbocycles. The van der Waals surface area contributed by atoms with Gasteiger partial charge < -0.3 is 14.8 Å². The maximum atomic E-state index is 14.1. The van der Waals surface area contributed by atoms with Gasteiger partial charge in [-0.25, -0.2) is 12.8 Å². The maximum Gasteiger partial charge on any atom is 0.232 e. The second-order valence-corrected chi connectivity index (χ2v) is 9.70. The molecule has 0 bridgehead atoms. The van der Waals surface area contributed by atoms with Crippen LogP contribution >= 0.6 is 11.6 Å². The molecule has 10 heteroatoms. The first-order chi connectivity index (χ1) is 16.2. The Morgan fingerprint density at radius 3 is 2.50 bits per heavy atom. The predicted octanol–water partition coefficient (Wildman–Crippen LogP) is 5.46. The number of para-hydroxylation sites is 1. The van der Waals surface area contributed by atoms with Crippen LogP contribution in [0.3, 0.4) is 0 Å². The van der Waals surface area contributed by atoms with Crippen molar-refractivity contribution >= 4 is 38.9 Å². The first-order valence-corrected chi connectivity index (χ1v) is 12.5. The number of anilines is 2. The van der Waals surface area contributed by atoms with E-state index in [4.69, 9.17) is 21.1 Å². The van der Waals surface area contributed by atoms with Crippen molar-refractivity contribution in [1.29, 1.82) is 0 Å². The van der Waals surface area contributed by atoms with Crippen LogP contribution in [0.25, 0.3) is 0 Å². The van der Waals surface area contributed by atoms with Crippen LogP contribution < -0.4 is 19.1 Å². The number of halogens is 2. The van der Waals surface area contributed by atoms with Crippen LogP contribution in [0, 0.1) is 5.82 Å². The molecular formula is C24H24ClFN2O5S. The number of benzene rings is 3. The van der Waals surface area contributed by atoms with E-state index in [0.29, 0.717) is 28.0 Å². The van der Waals surface area contributed by atoms with E-state index >= 15 is 0 Å². The highest BCUT2D eigenvalue weighted by molar-refractivity contribution is 7.92. The third-order valence-corrected chi connectivity index (χ3v) is 6.19. The van der Waals surface area contributed by atoms with Gasteiger partial charge in [0, 0.05) is 24.1 Å². The molecule has 0 aromatic heterocycles. The van der Waals surface area contributed by atoms with E-state index in [1.165, 1.54) is 18.2 Å². The van der Waals surface area contributed by atoms with E-state index in [2.05, 4.69) is 5.32 Å². The first kappa shape index (κ1) is 25.3. The lowest BCUT2D eigenvalue weighted by Gasteiger charge is -2.22. The minimum atomic E-state index is -3.74. The molecule has 0 fully saturated rings. The highest BCUT2D eigenvalue weighted by Crippen LogP contribution is 2.33. The summed E-state index contributed by atoms with van der Waals surface area (Å²) in [4.78, 5) is 12.6. The quantitative estimate of drug-likeness (QED) is 0.394. The van der Waals surface area contributed by atoms with Gasteiger partial charge in [-0.2, -0.15) is 0 Å². The van der Waals surface area contributed by atoms with Gasteiger partial charge in [0.1, 0.15) is 17.3 Å². The number of amides is 1. The van der Waals surface area contributed by atoms with E-state index in [0.717, 1.165) is 10.6 Å². The topological polar surface area (TPSA) is 84.9 Å². The summed E-state index contributed by atoms with van der Waals surface area (Å²) in [6.45, 7) is -0.0596. The zero-order valence-corrected chi connectivity index (χ0v) is 20.2. The van der Waals surface area contributed by atoms with Crippen LogP contribution in [-0.2, 0) is 14.8 Å². The molecule has 0 aliphatic carbocycles. The molecule has 0 radical (unpaired) electrons. The molecular weight excluding hydrogens is 483 g/mol. The van der Waals surface area contributed by atoms with Crippen molar-refractivity contribution < 1.29 is 27.1 Å². The highest BCUT2D eigenvalue weighted by Gasteiger charge is 2.20. The van der Waals surface area contributed by atoms with E-state index in [9.17, 15) is 17.6 Å². The summed E-state index contributed by atoms with van der Waals surface area (Å²) in [6, 6.07) is 17.4. The average molecular weight is 507 g/mol. The molecule has 3 aromatic rings. The van der Waals surface area contributed by atoms with Crippen LogP contribution in [0.2, 0.25) is 5.02 Å². The van der Waals surface area contributed by atoms with Crippen molar-refractivity contribution in [2.24, 2.45) is 0 Å². The van der Waals surface area contributed by atoms with Crippen LogP contribution in [0.1, 0.15) is 12.8 Å². The highest BCUT2D eigenvalue weighted by atomic mass is 35.5. The van der Waals surface area contributed by atoms with Crippen LogP contribution in [0.5, 0.6) is 17.2 Å². The summed E-state index contributed by atoms with van der Waals surface area (Å²) in [5.74, 6) is 0.457. The van der Waals surface area contributed by atoms with Crippen LogP contribution in [0.15, 0.2) is 66.7 Å². The average Bonchev–Trinajstić information content (AvgIpc) is 2.78. The largest absolute Gasteiger partial charge is 0.497 e. The van der Waals surface area contributed by atoms with Gasteiger partial charge in [0.25, 0.3) is 0 Å². The van der Waals surface area contributed by atoms with Gasteiger partial charge in [-0.05, 0) is 48.9 Å². The molecule has 0 unspecified atom stereocenters. The molecule has 3 rings (SSSR count). The molecule has 3 aromatic carbocycles. The fourth-order valence-electron chi connectivity index (χ4n) is 3.20. The zero-order chi connectivity index (χ0) is 24.7. The Balaban J connectivity index is 1.67. The smallest absolute Gasteiger partial charge is 0.232 e. The third kappa shape index (κ3) is 6.85. The molecule has 0 heterocycles. The molecule has 0 spiro atoms. The fourth-order valence-corrected chi connectivity index (χ4v) is 4.33. The van der Waals surface area contributed by atoms with Crippen LogP contribution in [0.4, 0.5) is 15.8 Å². The molecule has 34 heavy (non-hydrogen) atoms. The van der Waals surface area contributed by atoms with Gasteiger partial charge >= 0.3 is 0 Å². The van der Waals surface area contributed by atoms with Gasteiger partial charge in [-0.3, -0.25) is 9.10 Å². The number of hydrogen-bond acceptors (Lipinski definition) is 5. The summed E-state index contributed by atoms with van der Waals surface area (Å²) < 4.78 is 50.5. The monoisotopic (exact) mass is 506 g/mol. The van der Waals surface area contributed by atoms with E-state index in [1.807, 2.05) is 0 Å². The molecule has 0 aliphatic rings. The Hall–Kier alpha value is -3.30. The van der Waals surface area contributed by atoms with Crippen molar-refractivity contribution in [2.75, 3.05) is 29.5 Å². The minimum Gasteiger partial charge on any atom is -0.497 e. The number of carbonyl (C=O) groups excluding carboxylic acids is 1. The molecule has 0 atom stereocenters. The molecule has 1 N–H and O–H groups in total. The molecule has 7 nitrogen and oxygen atoms in total. The number of carbonyl (C=O) groups is 1. The molecule has 0 aliphatic heterocycles. The second kappa shape index (κ2) is 11.2. The Morgan fingerprint density at radius 2 is 1.79 bits per heavy atom. The number of methoxy groups -OCH3 is 1. The Morgan fingerprint density at radius 1 is 1.06 bits per heavy atom. The zero-order valence-electron chi connectivity index (χ0n) is 18.6. The summed E-state index contributed by atoms with van der Waals surface area (Å²) in [6.07, 6.45) is 1.15. The van der Waals surface area contributed by atoms with Crippen molar-refractivity contribution in [3.05, 3.63) is 77.6 Å². The summed E-state index contributed by atoms with van der Waals surface area (Å²) >= 11 is 6.09. The fraction of sp³-hybridized carbons (Fsp3) is 0.208. The number of nitrogens with one attached hydrogen (secondary N) is 1. The summed E-state index contributed by atoms with van der Waals surface area (Å²) in [5.41, 5.74) is 0.295. The minimum absolute atomic E-state index is 0.00835. The Kier molecular flexibility index (Phi) is 8.36. The van der Waals surface area contributed by atoms with E-state index in [1.54, 1.807) is 55.6 Å². The van der Waals surface area contributed by atoms with Crippen molar-refractivity contribution in [1.82, 2.24) is 0 Å². The van der Waals surface area contributed by atoms with Gasteiger partial charge in [0.15, 0.2) is 5.75 Å². The van der Waals surface area contributed by atoms with Crippen molar-refractivity contribution in [2.45, 2.75) is 12.8 Å². The van der Waals surface area contributed by atoms with Gasteiger partial charge in [0.2, 0.25) is 15.9 Å². The second-order valence-electron chi connectivity index (χ2n) is 7.36. The number of sulfonamides is 1. The summed E-state index contributed by atoms with van der Waals surface area (Å²) in [5, 5.41) is 3.14. The van der Waals surface area contributed by atoms with Crippen molar-refractivity contribution in [3.63, 3.8) is 0 Å². The predicted molar refractivity (Wildman–Crippen MR) is 131 cm³/mol. The van der Waals surface area contributed by atoms with Gasteiger partial charge in [0.05, 0.1) is 24.7 Å². The molecule has 0 saturated heterocycles. The number of nitrogens with zero attached hydrogens (tertiary/aromatic N) is 1. The lowest BCUT2D eigenvalue weighted by molar-refractivity contribution is -0.116. The Bertz CT molecular complexity index is 1270. The van der Waals surface area contributed by atoms with E-state index < -0.39 is 15.8 Å². The molecule has 1 amide bonds. The van der Waals surface area contributed by atoms with Gasteiger partial charge in [-0.1, -0.05) is 29.8 Å². The standard InChI is InChI=1S/C24H24ClFN2O5S/c1-32-18-7-5-8-19(16-18)33-23-13-12-17(25)15-21(23)27-24(29)11-6-14-28(34(2,30)31)22-10-4-3-9-20(22)26/h3-5,7-10,12-13,15-16H,6,11,14H2,1-2H3,(H,27,29). The Labute approximate surface area is 203 Å².